The number of morpholine rings is 1. The van der Waals surface area contributed by atoms with Gasteiger partial charge < -0.3 is 14.5 Å². The number of halogens is 1. The second-order valence-electron chi connectivity index (χ2n) is 9.71. The minimum Gasteiger partial charge on any atom is -0.379 e. The predicted octanol–water partition coefficient (Wildman–Crippen LogP) is 4.29. The van der Waals surface area contributed by atoms with Crippen LogP contribution in [0.15, 0.2) is 78.1 Å². The largest absolute Gasteiger partial charge is 0.379 e. The molecule has 5 aromatic rings. The molecule has 1 saturated heterocycles. The zero-order valence-electron chi connectivity index (χ0n) is 20.8. The van der Waals surface area contributed by atoms with Crippen molar-refractivity contribution in [3.63, 3.8) is 0 Å². The van der Waals surface area contributed by atoms with Crippen LogP contribution in [0, 0.1) is 0 Å². The van der Waals surface area contributed by atoms with Crippen molar-refractivity contribution in [2.75, 3.05) is 26.3 Å². The zero-order chi connectivity index (χ0) is 26.1. The smallest absolute Gasteiger partial charge is 0.257 e. The fraction of sp³-hybridized carbons (Fsp3) is 0.233. The molecular weight excluding hydrogens is 500 g/mol. The molecule has 0 spiro atoms. The second-order valence-corrected chi connectivity index (χ2v) is 10.1. The number of amides is 1. The molecule has 0 aliphatic carbocycles. The molecule has 38 heavy (non-hydrogen) atoms. The van der Waals surface area contributed by atoms with Gasteiger partial charge in [-0.2, -0.15) is 0 Å². The van der Waals surface area contributed by atoms with Gasteiger partial charge in [-0.25, -0.2) is 0 Å². The van der Waals surface area contributed by atoms with E-state index >= 15 is 0 Å². The Bertz CT molecular complexity index is 1640. The minimum absolute atomic E-state index is 0.125. The molecule has 192 valence electrons. The molecule has 2 aromatic carbocycles. The quantitative estimate of drug-likeness (QED) is 0.342. The number of ether oxygens (including phenoxy) is 1. The SMILES string of the molecule is O=C(NCc1ccc(Cl)cc1)c1cn2cc(Cc3cccnc3)c3cc(CN4CCOCC4)cc(c1=O)c32. The Hall–Kier alpha value is -3.78. The first-order valence-corrected chi connectivity index (χ1v) is 13.1. The number of nitrogens with zero attached hydrogens (tertiary/aromatic N) is 3. The summed E-state index contributed by atoms with van der Waals surface area (Å²) in [6.45, 7) is 4.14. The molecule has 1 amide bonds. The number of pyridine rings is 2. The molecule has 6 rings (SSSR count). The topological polar surface area (TPSA) is 75.9 Å². The molecule has 1 aliphatic heterocycles. The highest BCUT2D eigenvalue weighted by Gasteiger charge is 2.21. The summed E-state index contributed by atoms with van der Waals surface area (Å²) in [7, 11) is 0. The summed E-state index contributed by atoms with van der Waals surface area (Å²) >= 11 is 5.97. The van der Waals surface area contributed by atoms with Crippen LogP contribution in [0.1, 0.15) is 32.6 Å². The van der Waals surface area contributed by atoms with Crippen molar-refractivity contribution in [1.29, 1.82) is 0 Å². The van der Waals surface area contributed by atoms with Crippen LogP contribution in [0.25, 0.3) is 16.3 Å². The normalized spacial score (nSPS) is 14.3. The van der Waals surface area contributed by atoms with Crippen molar-refractivity contribution in [2.45, 2.75) is 19.5 Å². The molecule has 0 unspecified atom stereocenters. The van der Waals surface area contributed by atoms with Gasteiger partial charge in [0, 0.05) is 73.2 Å². The lowest BCUT2D eigenvalue weighted by Gasteiger charge is -2.26. The Morgan fingerprint density at radius 1 is 1.00 bits per heavy atom. The molecule has 8 heteroatoms. The van der Waals surface area contributed by atoms with Gasteiger partial charge in [-0.15, -0.1) is 0 Å². The molecule has 4 heterocycles. The number of hydrogen-bond donors (Lipinski definition) is 1. The number of hydrogen-bond acceptors (Lipinski definition) is 5. The van der Waals surface area contributed by atoms with Crippen LogP contribution in [0.4, 0.5) is 0 Å². The van der Waals surface area contributed by atoms with E-state index in [1.165, 1.54) is 0 Å². The van der Waals surface area contributed by atoms with Crippen molar-refractivity contribution in [1.82, 2.24) is 19.6 Å². The Balaban J connectivity index is 1.40. The van der Waals surface area contributed by atoms with Crippen molar-refractivity contribution < 1.29 is 9.53 Å². The van der Waals surface area contributed by atoms with Gasteiger partial charge in [-0.05, 0) is 52.6 Å². The first kappa shape index (κ1) is 24.6. The lowest BCUT2D eigenvalue weighted by Crippen LogP contribution is -2.35. The zero-order valence-corrected chi connectivity index (χ0v) is 21.6. The van der Waals surface area contributed by atoms with Crippen LogP contribution < -0.4 is 10.7 Å². The Kier molecular flexibility index (Phi) is 6.81. The summed E-state index contributed by atoms with van der Waals surface area (Å²) in [5.41, 5.74) is 4.84. The second kappa shape index (κ2) is 10.5. The summed E-state index contributed by atoms with van der Waals surface area (Å²) in [6.07, 6.45) is 7.98. The van der Waals surface area contributed by atoms with Gasteiger partial charge in [0.2, 0.25) is 5.43 Å². The van der Waals surface area contributed by atoms with E-state index in [0.29, 0.717) is 36.6 Å². The molecule has 0 bridgehead atoms. The molecule has 1 aliphatic rings. The molecule has 0 atom stereocenters. The number of carbonyl (C=O) groups is 1. The Labute approximate surface area is 225 Å². The van der Waals surface area contributed by atoms with E-state index in [1.807, 2.05) is 47.1 Å². The number of nitrogens with one attached hydrogen (secondary N) is 1. The minimum atomic E-state index is -0.398. The van der Waals surface area contributed by atoms with Gasteiger partial charge >= 0.3 is 0 Å². The van der Waals surface area contributed by atoms with Gasteiger partial charge in [0.15, 0.2) is 0 Å². The summed E-state index contributed by atoms with van der Waals surface area (Å²) in [4.78, 5) is 33.5. The molecule has 3 aromatic heterocycles. The van der Waals surface area contributed by atoms with Gasteiger partial charge in [-0.1, -0.05) is 29.8 Å². The Morgan fingerprint density at radius 3 is 2.55 bits per heavy atom. The summed E-state index contributed by atoms with van der Waals surface area (Å²) < 4.78 is 7.43. The third-order valence-corrected chi connectivity index (χ3v) is 7.32. The number of aromatic nitrogens is 2. The highest BCUT2D eigenvalue weighted by Crippen LogP contribution is 2.29. The van der Waals surface area contributed by atoms with E-state index in [9.17, 15) is 9.59 Å². The first-order chi connectivity index (χ1) is 18.5. The highest BCUT2D eigenvalue weighted by atomic mass is 35.5. The Morgan fingerprint density at radius 2 is 1.79 bits per heavy atom. The standard InChI is InChI=1S/C30H27ClN4O3/c31-24-5-3-20(4-6-24)16-33-30(37)27-19-35-18-23(12-21-2-1-7-32-15-21)25-13-22(14-26(28(25)35)29(27)36)17-34-8-10-38-11-9-34/h1-7,13-15,18-19H,8-12,16-17H2,(H,33,37). The number of benzene rings is 2. The van der Waals surface area contributed by atoms with Crippen molar-refractivity contribution in [2.24, 2.45) is 0 Å². The number of carbonyl (C=O) groups excluding carboxylic acids is 1. The fourth-order valence-corrected chi connectivity index (χ4v) is 5.28. The van der Waals surface area contributed by atoms with E-state index in [1.54, 1.807) is 24.5 Å². The third-order valence-electron chi connectivity index (χ3n) is 7.06. The van der Waals surface area contributed by atoms with E-state index in [0.717, 1.165) is 52.8 Å². The molecule has 1 fully saturated rings. The number of rotatable bonds is 7. The van der Waals surface area contributed by atoms with Crippen LogP contribution >= 0.6 is 11.6 Å². The monoisotopic (exact) mass is 526 g/mol. The summed E-state index contributed by atoms with van der Waals surface area (Å²) in [6, 6.07) is 15.4. The molecule has 0 radical (unpaired) electrons. The van der Waals surface area contributed by atoms with E-state index < -0.39 is 5.91 Å². The van der Waals surface area contributed by atoms with E-state index in [2.05, 4.69) is 21.3 Å². The maximum Gasteiger partial charge on any atom is 0.257 e. The lowest BCUT2D eigenvalue weighted by molar-refractivity contribution is 0.0342. The third kappa shape index (κ3) is 5.00. The van der Waals surface area contributed by atoms with Crippen LogP contribution in [0.2, 0.25) is 5.02 Å². The van der Waals surface area contributed by atoms with Gasteiger partial charge in [0.25, 0.3) is 5.91 Å². The molecule has 1 N–H and O–H groups in total. The lowest BCUT2D eigenvalue weighted by atomic mass is 10.0. The summed E-state index contributed by atoms with van der Waals surface area (Å²) in [5.74, 6) is -0.398. The van der Waals surface area contributed by atoms with Crippen molar-refractivity contribution in [3.05, 3.63) is 116 Å². The van der Waals surface area contributed by atoms with Gasteiger partial charge in [-0.3, -0.25) is 19.5 Å². The van der Waals surface area contributed by atoms with Crippen molar-refractivity contribution in [3.8, 4) is 0 Å². The average Bonchev–Trinajstić information content (AvgIpc) is 3.28. The predicted molar refractivity (Wildman–Crippen MR) is 148 cm³/mol. The van der Waals surface area contributed by atoms with E-state index in [-0.39, 0.29) is 11.0 Å². The first-order valence-electron chi connectivity index (χ1n) is 12.7. The maximum atomic E-state index is 13.7. The van der Waals surface area contributed by atoms with Gasteiger partial charge in [0.1, 0.15) is 5.56 Å². The van der Waals surface area contributed by atoms with Crippen LogP contribution in [0.3, 0.4) is 0 Å². The highest BCUT2D eigenvalue weighted by molar-refractivity contribution is 6.30. The van der Waals surface area contributed by atoms with E-state index in [4.69, 9.17) is 16.3 Å². The maximum absolute atomic E-state index is 13.7. The average molecular weight is 527 g/mol. The van der Waals surface area contributed by atoms with Crippen molar-refractivity contribution >= 4 is 33.8 Å². The molecular formula is C30H27ClN4O3. The fourth-order valence-electron chi connectivity index (χ4n) is 5.15. The van der Waals surface area contributed by atoms with Crippen LogP contribution in [-0.2, 0) is 24.2 Å². The van der Waals surface area contributed by atoms with Crippen LogP contribution in [0.5, 0.6) is 0 Å². The van der Waals surface area contributed by atoms with Crippen LogP contribution in [-0.4, -0.2) is 46.5 Å². The summed E-state index contributed by atoms with van der Waals surface area (Å²) in [5, 5.41) is 5.11. The molecule has 0 saturated carbocycles. The van der Waals surface area contributed by atoms with Gasteiger partial charge in [0.05, 0.1) is 18.7 Å². The molecule has 7 nitrogen and oxygen atoms in total.